The Labute approximate surface area is 108 Å². The highest BCUT2D eigenvalue weighted by Gasteiger charge is 2.34. The first-order valence-corrected chi connectivity index (χ1v) is 7.41. The molecule has 0 aliphatic carbocycles. The van der Waals surface area contributed by atoms with Crippen molar-refractivity contribution < 1.29 is 4.74 Å². The number of ether oxygens (including phenoxy) is 1. The van der Waals surface area contributed by atoms with E-state index in [0.29, 0.717) is 12.1 Å². The van der Waals surface area contributed by atoms with Crippen LogP contribution in [0.3, 0.4) is 0 Å². The van der Waals surface area contributed by atoms with Gasteiger partial charge in [0.2, 0.25) is 0 Å². The van der Waals surface area contributed by atoms with Gasteiger partial charge in [0.05, 0.1) is 5.60 Å². The molecule has 2 heteroatoms. The number of rotatable bonds is 6. The van der Waals surface area contributed by atoms with Gasteiger partial charge in [-0.1, -0.05) is 27.7 Å². The first-order valence-electron chi connectivity index (χ1n) is 7.41. The summed E-state index contributed by atoms with van der Waals surface area (Å²) in [7, 11) is 0. The zero-order valence-corrected chi connectivity index (χ0v) is 12.4. The number of nitrogens with one attached hydrogen (secondary N) is 1. The minimum Gasteiger partial charge on any atom is -0.375 e. The van der Waals surface area contributed by atoms with E-state index in [4.69, 9.17) is 4.74 Å². The predicted octanol–water partition coefficient (Wildman–Crippen LogP) is 3.75. The van der Waals surface area contributed by atoms with Crippen molar-refractivity contribution in [2.45, 2.75) is 84.4 Å². The van der Waals surface area contributed by atoms with Gasteiger partial charge in [-0.2, -0.15) is 0 Å². The molecular weight excluding hydrogens is 210 g/mol. The van der Waals surface area contributed by atoms with Crippen LogP contribution in [0, 0.1) is 5.92 Å². The van der Waals surface area contributed by atoms with Gasteiger partial charge in [-0.05, 0) is 44.9 Å². The lowest BCUT2D eigenvalue weighted by Gasteiger charge is -2.41. The molecule has 102 valence electrons. The predicted molar refractivity (Wildman–Crippen MR) is 74.3 cm³/mol. The molecule has 0 aromatic heterocycles. The summed E-state index contributed by atoms with van der Waals surface area (Å²) >= 11 is 0. The molecule has 2 nitrogen and oxygen atoms in total. The molecule has 1 saturated heterocycles. The maximum atomic E-state index is 6.02. The Kier molecular flexibility index (Phi) is 5.94. The Morgan fingerprint density at radius 2 is 1.88 bits per heavy atom. The Hall–Kier alpha value is -0.0800. The van der Waals surface area contributed by atoms with Crippen LogP contribution >= 0.6 is 0 Å². The smallest absolute Gasteiger partial charge is 0.0692 e. The monoisotopic (exact) mass is 241 g/mol. The second-order valence-corrected chi connectivity index (χ2v) is 6.13. The maximum absolute atomic E-state index is 6.02. The molecule has 0 saturated carbocycles. The standard InChI is InChI=1S/C15H31NO/c1-6-15(7-2)11-14(8-9-17-15)16-13(5)10-12(3)4/h12-14,16H,6-11H2,1-5H3. The Morgan fingerprint density at radius 1 is 1.24 bits per heavy atom. The zero-order chi connectivity index (χ0) is 12.9. The topological polar surface area (TPSA) is 21.3 Å². The van der Waals surface area contributed by atoms with Gasteiger partial charge in [0.15, 0.2) is 0 Å². The third-order valence-corrected chi connectivity index (χ3v) is 4.13. The second-order valence-electron chi connectivity index (χ2n) is 6.13. The van der Waals surface area contributed by atoms with Gasteiger partial charge in [-0.3, -0.25) is 0 Å². The molecule has 0 spiro atoms. The lowest BCUT2D eigenvalue weighted by molar-refractivity contribution is -0.0940. The summed E-state index contributed by atoms with van der Waals surface area (Å²) in [4.78, 5) is 0. The average molecular weight is 241 g/mol. The van der Waals surface area contributed by atoms with Crippen molar-refractivity contribution in [2.75, 3.05) is 6.61 Å². The SMILES string of the molecule is CCC1(CC)CC(NC(C)CC(C)C)CCO1. The van der Waals surface area contributed by atoms with Gasteiger partial charge < -0.3 is 10.1 Å². The van der Waals surface area contributed by atoms with Gasteiger partial charge in [-0.15, -0.1) is 0 Å². The number of hydrogen-bond acceptors (Lipinski definition) is 2. The van der Waals surface area contributed by atoms with Crippen molar-refractivity contribution in [1.29, 1.82) is 0 Å². The Balaban J connectivity index is 2.44. The Bertz CT molecular complexity index is 211. The van der Waals surface area contributed by atoms with E-state index in [1.54, 1.807) is 0 Å². The van der Waals surface area contributed by atoms with E-state index >= 15 is 0 Å². The summed E-state index contributed by atoms with van der Waals surface area (Å²) in [6, 6.07) is 1.28. The van der Waals surface area contributed by atoms with Gasteiger partial charge in [0, 0.05) is 18.7 Å². The molecule has 1 rings (SSSR count). The van der Waals surface area contributed by atoms with Crippen LogP contribution in [0.25, 0.3) is 0 Å². The van der Waals surface area contributed by atoms with Crippen molar-refractivity contribution in [3.63, 3.8) is 0 Å². The molecule has 17 heavy (non-hydrogen) atoms. The molecule has 2 unspecified atom stereocenters. The quantitative estimate of drug-likeness (QED) is 0.764. The molecule has 1 heterocycles. The maximum Gasteiger partial charge on any atom is 0.0692 e. The van der Waals surface area contributed by atoms with Gasteiger partial charge in [-0.25, -0.2) is 0 Å². The van der Waals surface area contributed by atoms with Crippen LogP contribution in [0.2, 0.25) is 0 Å². The van der Waals surface area contributed by atoms with Crippen LogP contribution in [-0.2, 0) is 4.74 Å². The van der Waals surface area contributed by atoms with Crippen LogP contribution in [0.1, 0.15) is 66.7 Å². The fourth-order valence-corrected chi connectivity index (χ4v) is 3.09. The van der Waals surface area contributed by atoms with Gasteiger partial charge in [0.1, 0.15) is 0 Å². The Morgan fingerprint density at radius 3 is 2.41 bits per heavy atom. The van der Waals surface area contributed by atoms with Crippen LogP contribution in [0.4, 0.5) is 0 Å². The van der Waals surface area contributed by atoms with Crippen molar-refractivity contribution in [3.05, 3.63) is 0 Å². The minimum atomic E-state index is 0.146. The van der Waals surface area contributed by atoms with Crippen LogP contribution < -0.4 is 5.32 Å². The van der Waals surface area contributed by atoms with Crippen molar-refractivity contribution in [3.8, 4) is 0 Å². The number of hydrogen-bond donors (Lipinski definition) is 1. The van der Waals surface area contributed by atoms with Crippen LogP contribution in [0.5, 0.6) is 0 Å². The summed E-state index contributed by atoms with van der Waals surface area (Å²) in [6.45, 7) is 12.3. The summed E-state index contributed by atoms with van der Waals surface area (Å²) in [5.74, 6) is 0.777. The molecule has 2 atom stereocenters. The van der Waals surface area contributed by atoms with E-state index in [1.807, 2.05) is 0 Å². The first kappa shape index (κ1) is 15.0. The molecule has 0 bridgehead atoms. The normalized spacial score (nSPS) is 26.1. The summed E-state index contributed by atoms with van der Waals surface area (Å²) in [5, 5.41) is 3.79. The highest BCUT2D eigenvalue weighted by Crippen LogP contribution is 2.31. The summed E-state index contributed by atoms with van der Waals surface area (Å²) in [5.41, 5.74) is 0.146. The fraction of sp³-hybridized carbons (Fsp3) is 1.00. The molecule has 1 fully saturated rings. The molecule has 1 aliphatic heterocycles. The lowest BCUT2D eigenvalue weighted by Crippen LogP contribution is -2.48. The molecule has 0 aromatic rings. The largest absolute Gasteiger partial charge is 0.375 e. The van der Waals surface area contributed by atoms with Crippen molar-refractivity contribution in [1.82, 2.24) is 5.32 Å². The van der Waals surface area contributed by atoms with Crippen LogP contribution in [0.15, 0.2) is 0 Å². The molecule has 0 amide bonds. The molecular formula is C15H31NO. The van der Waals surface area contributed by atoms with Crippen molar-refractivity contribution >= 4 is 0 Å². The highest BCUT2D eigenvalue weighted by atomic mass is 16.5. The second kappa shape index (κ2) is 6.75. The minimum absolute atomic E-state index is 0.146. The van der Waals surface area contributed by atoms with E-state index in [1.165, 1.54) is 19.3 Å². The fourth-order valence-electron chi connectivity index (χ4n) is 3.09. The summed E-state index contributed by atoms with van der Waals surface area (Å²) in [6.07, 6.45) is 5.90. The van der Waals surface area contributed by atoms with Crippen LogP contribution in [-0.4, -0.2) is 24.3 Å². The van der Waals surface area contributed by atoms with Gasteiger partial charge in [0.25, 0.3) is 0 Å². The average Bonchev–Trinajstić information content (AvgIpc) is 2.28. The van der Waals surface area contributed by atoms with E-state index < -0.39 is 0 Å². The van der Waals surface area contributed by atoms with Crippen molar-refractivity contribution in [2.24, 2.45) is 5.92 Å². The summed E-state index contributed by atoms with van der Waals surface area (Å²) < 4.78 is 6.02. The molecule has 0 aromatic carbocycles. The third-order valence-electron chi connectivity index (χ3n) is 4.13. The zero-order valence-electron chi connectivity index (χ0n) is 12.4. The third kappa shape index (κ3) is 4.59. The lowest BCUT2D eigenvalue weighted by atomic mass is 9.85. The van der Waals surface area contributed by atoms with E-state index in [9.17, 15) is 0 Å². The molecule has 0 radical (unpaired) electrons. The first-order chi connectivity index (χ1) is 8.01. The highest BCUT2D eigenvalue weighted by molar-refractivity contribution is 4.89. The van der Waals surface area contributed by atoms with Gasteiger partial charge >= 0.3 is 0 Å². The molecule has 1 N–H and O–H groups in total. The molecule has 1 aliphatic rings. The van der Waals surface area contributed by atoms with E-state index in [0.717, 1.165) is 25.4 Å². The van der Waals surface area contributed by atoms with E-state index in [-0.39, 0.29) is 5.60 Å². The van der Waals surface area contributed by atoms with E-state index in [2.05, 4.69) is 39.9 Å².